The lowest BCUT2D eigenvalue weighted by molar-refractivity contribution is -0.147. The van der Waals surface area contributed by atoms with Crippen LogP contribution in [-0.2, 0) is 9.53 Å². The summed E-state index contributed by atoms with van der Waals surface area (Å²) >= 11 is 0. The maximum Gasteiger partial charge on any atom is 0.328 e. The summed E-state index contributed by atoms with van der Waals surface area (Å²) in [7, 11) is 1.35. The van der Waals surface area contributed by atoms with Crippen molar-refractivity contribution in [3.05, 3.63) is 36.1 Å². The molecule has 0 aliphatic carbocycles. The number of hydrogen-bond acceptors (Lipinski definition) is 4. The van der Waals surface area contributed by atoms with Gasteiger partial charge in [-0.3, -0.25) is 4.79 Å². The van der Waals surface area contributed by atoms with Gasteiger partial charge in [-0.1, -0.05) is 18.2 Å². The molecule has 5 heteroatoms. The van der Waals surface area contributed by atoms with Crippen LogP contribution in [0.4, 0.5) is 0 Å². The van der Waals surface area contributed by atoms with E-state index in [1.165, 1.54) is 13.4 Å². The van der Waals surface area contributed by atoms with E-state index in [9.17, 15) is 9.59 Å². The normalized spacial score (nSPS) is 18.7. The van der Waals surface area contributed by atoms with E-state index in [1.54, 1.807) is 4.90 Å². The summed E-state index contributed by atoms with van der Waals surface area (Å²) in [6, 6.07) is 6.90. The molecule has 1 amide bonds. The summed E-state index contributed by atoms with van der Waals surface area (Å²) in [5.41, 5.74) is 1.17. The smallest absolute Gasteiger partial charge is 0.328 e. The van der Waals surface area contributed by atoms with E-state index in [-0.39, 0.29) is 11.9 Å². The zero-order valence-electron chi connectivity index (χ0n) is 11.9. The quantitative estimate of drug-likeness (QED) is 0.797. The predicted molar refractivity (Wildman–Crippen MR) is 76.9 cm³/mol. The number of benzene rings is 1. The number of fused-ring (bicyclic) bond motifs is 1. The molecule has 2 aromatic rings. The fourth-order valence-electron chi connectivity index (χ4n) is 2.85. The van der Waals surface area contributed by atoms with Crippen LogP contribution in [0.2, 0.25) is 0 Å². The average molecular weight is 287 g/mol. The molecule has 2 heterocycles. The van der Waals surface area contributed by atoms with Crippen molar-refractivity contribution in [1.29, 1.82) is 0 Å². The Balaban J connectivity index is 1.94. The second kappa shape index (κ2) is 5.60. The van der Waals surface area contributed by atoms with Crippen LogP contribution in [0.25, 0.3) is 11.0 Å². The number of amides is 1. The molecule has 0 radical (unpaired) electrons. The molecular formula is C16H17NO4. The monoisotopic (exact) mass is 287 g/mol. The van der Waals surface area contributed by atoms with Crippen molar-refractivity contribution >= 4 is 22.8 Å². The molecule has 0 unspecified atom stereocenters. The highest BCUT2D eigenvalue weighted by Gasteiger charge is 2.34. The molecule has 1 aromatic carbocycles. The number of furan rings is 1. The van der Waals surface area contributed by atoms with E-state index >= 15 is 0 Å². The van der Waals surface area contributed by atoms with Crippen LogP contribution in [-0.4, -0.2) is 36.5 Å². The molecule has 0 spiro atoms. The van der Waals surface area contributed by atoms with Crippen molar-refractivity contribution in [3.8, 4) is 0 Å². The first-order valence-corrected chi connectivity index (χ1v) is 7.07. The Morgan fingerprint density at radius 2 is 2.10 bits per heavy atom. The van der Waals surface area contributed by atoms with Crippen molar-refractivity contribution in [2.24, 2.45) is 0 Å². The van der Waals surface area contributed by atoms with Crippen molar-refractivity contribution < 1.29 is 18.7 Å². The van der Waals surface area contributed by atoms with Crippen molar-refractivity contribution in [2.45, 2.75) is 25.3 Å². The second-order valence-corrected chi connectivity index (χ2v) is 5.18. The highest BCUT2D eigenvalue weighted by Crippen LogP contribution is 2.26. The Labute approximate surface area is 122 Å². The number of rotatable bonds is 2. The molecule has 1 atom stereocenters. The molecule has 0 N–H and O–H groups in total. The number of para-hydroxylation sites is 1. The zero-order chi connectivity index (χ0) is 14.8. The Morgan fingerprint density at radius 3 is 2.90 bits per heavy atom. The molecule has 0 bridgehead atoms. The lowest BCUT2D eigenvalue weighted by atomic mass is 10.0. The summed E-state index contributed by atoms with van der Waals surface area (Å²) < 4.78 is 10.2. The number of piperidine rings is 1. The van der Waals surface area contributed by atoms with Gasteiger partial charge in [0.2, 0.25) is 0 Å². The molecule has 1 saturated heterocycles. The van der Waals surface area contributed by atoms with Crippen LogP contribution in [0.1, 0.15) is 29.6 Å². The molecule has 5 nitrogen and oxygen atoms in total. The van der Waals surface area contributed by atoms with Gasteiger partial charge < -0.3 is 14.1 Å². The van der Waals surface area contributed by atoms with Crippen LogP contribution in [0.3, 0.4) is 0 Å². The van der Waals surface area contributed by atoms with Crippen molar-refractivity contribution in [1.82, 2.24) is 4.90 Å². The molecule has 3 rings (SSSR count). The van der Waals surface area contributed by atoms with E-state index in [4.69, 9.17) is 9.15 Å². The van der Waals surface area contributed by atoms with Gasteiger partial charge in [0.05, 0.1) is 12.7 Å². The summed E-state index contributed by atoms with van der Waals surface area (Å²) in [6.07, 6.45) is 3.94. The SMILES string of the molecule is COC(=O)[C@H]1CCCCN1C(=O)c1coc2ccccc12. The molecule has 21 heavy (non-hydrogen) atoms. The summed E-state index contributed by atoms with van der Waals surface area (Å²) in [6.45, 7) is 0.568. The van der Waals surface area contributed by atoms with E-state index < -0.39 is 6.04 Å². The Bertz CT molecular complexity index is 676. The van der Waals surface area contributed by atoms with Crippen LogP contribution >= 0.6 is 0 Å². The number of nitrogens with zero attached hydrogens (tertiary/aromatic N) is 1. The predicted octanol–water partition coefficient (Wildman–Crippen LogP) is 2.60. The minimum atomic E-state index is -0.495. The third kappa shape index (κ3) is 2.39. The summed E-state index contributed by atoms with van der Waals surface area (Å²) in [5, 5.41) is 0.775. The van der Waals surface area contributed by atoms with Crippen LogP contribution in [0.15, 0.2) is 34.9 Å². The highest BCUT2D eigenvalue weighted by molar-refractivity contribution is 6.07. The van der Waals surface area contributed by atoms with Gasteiger partial charge in [0.25, 0.3) is 5.91 Å². The maximum atomic E-state index is 12.8. The largest absolute Gasteiger partial charge is 0.467 e. The van der Waals surface area contributed by atoms with Crippen molar-refractivity contribution in [2.75, 3.05) is 13.7 Å². The van der Waals surface area contributed by atoms with Gasteiger partial charge in [-0.2, -0.15) is 0 Å². The summed E-state index contributed by atoms with van der Waals surface area (Å²) in [4.78, 5) is 26.2. The number of esters is 1. The molecule has 1 fully saturated rings. The molecule has 1 aromatic heterocycles. The van der Waals surface area contributed by atoms with Gasteiger partial charge in [-0.05, 0) is 25.3 Å². The van der Waals surface area contributed by atoms with Crippen LogP contribution in [0, 0.1) is 0 Å². The number of carbonyl (C=O) groups excluding carboxylic acids is 2. The Hall–Kier alpha value is -2.30. The minimum Gasteiger partial charge on any atom is -0.467 e. The van der Waals surface area contributed by atoms with Crippen LogP contribution in [0.5, 0.6) is 0 Å². The van der Waals surface area contributed by atoms with Gasteiger partial charge in [0.15, 0.2) is 0 Å². The topological polar surface area (TPSA) is 59.8 Å². The van der Waals surface area contributed by atoms with E-state index in [1.807, 2.05) is 24.3 Å². The number of ether oxygens (including phenoxy) is 1. The lowest BCUT2D eigenvalue weighted by Gasteiger charge is -2.33. The number of likely N-dealkylation sites (tertiary alicyclic amines) is 1. The van der Waals surface area contributed by atoms with Crippen LogP contribution < -0.4 is 0 Å². The van der Waals surface area contributed by atoms with Gasteiger partial charge in [-0.25, -0.2) is 4.79 Å². The third-order valence-corrected chi connectivity index (χ3v) is 3.95. The van der Waals surface area contributed by atoms with E-state index in [2.05, 4.69) is 0 Å². The Morgan fingerprint density at radius 1 is 1.29 bits per heavy atom. The number of methoxy groups -OCH3 is 1. The zero-order valence-corrected chi connectivity index (χ0v) is 11.9. The fourth-order valence-corrected chi connectivity index (χ4v) is 2.85. The third-order valence-electron chi connectivity index (χ3n) is 3.95. The second-order valence-electron chi connectivity index (χ2n) is 5.18. The summed E-state index contributed by atoms with van der Waals surface area (Å²) in [5.74, 6) is -0.522. The average Bonchev–Trinajstić information content (AvgIpc) is 2.97. The number of hydrogen-bond donors (Lipinski definition) is 0. The molecular weight excluding hydrogens is 270 g/mol. The van der Waals surface area contributed by atoms with Gasteiger partial charge in [-0.15, -0.1) is 0 Å². The number of carbonyl (C=O) groups is 2. The molecule has 0 saturated carbocycles. The first-order chi connectivity index (χ1) is 10.2. The molecule has 110 valence electrons. The van der Waals surface area contributed by atoms with E-state index in [0.717, 1.165) is 18.2 Å². The Kier molecular flexibility index (Phi) is 3.64. The van der Waals surface area contributed by atoms with Gasteiger partial charge in [0.1, 0.15) is 17.9 Å². The first kappa shape index (κ1) is 13.7. The van der Waals surface area contributed by atoms with Gasteiger partial charge >= 0.3 is 5.97 Å². The lowest BCUT2D eigenvalue weighted by Crippen LogP contribution is -2.48. The first-order valence-electron chi connectivity index (χ1n) is 7.07. The van der Waals surface area contributed by atoms with Crippen molar-refractivity contribution in [3.63, 3.8) is 0 Å². The highest BCUT2D eigenvalue weighted by atomic mass is 16.5. The fraction of sp³-hybridized carbons (Fsp3) is 0.375. The van der Waals surface area contributed by atoms with Gasteiger partial charge in [0, 0.05) is 11.9 Å². The molecule has 1 aliphatic rings. The maximum absolute atomic E-state index is 12.8. The molecule has 1 aliphatic heterocycles. The van der Waals surface area contributed by atoms with E-state index in [0.29, 0.717) is 24.1 Å². The minimum absolute atomic E-state index is 0.171. The standard InChI is InChI=1S/C16H17NO4/c1-20-16(19)13-7-4-5-9-17(13)15(18)12-10-21-14-8-3-2-6-11(12)14/h2-3,6,8,10,13H,4-5,7,9H2,1H3/t13-/m1/s1.